The molecule has 0 saturated heterocycles. The summed E-state index contributed by atoms with van der Waals surface area (Å²) in [4.78, 5) is 0. The van der Waals surface area contributed by atoms with E-state index < -0.39 is 0 Å². The first kappa shape index (κ1) is 44.3. The topological polar surface area (TPSA) is 0 Å². The summed E-state index contributed by atoms with van der Waals surface area (Å²) in [5.41, 5.74) is 14.4. The van der Waals surface area contributed by atoms with Crippen LogP contribution in [0.5, 0.6) is 0 Å². The van der Waals surface area contributed by atoms with Crippen molar-refractivity contribution in [2.24, 2.45) is 0 Å². The van der Waals surface area contributed by atoms with Gasteiger partial charge in [-0.2, -0.15) is 47.0 Å². The predicted octanol–water partition coefficient (Wildman–Crippen LogP) is 7.04. The first-order valence-electron chi connectivity index (χ1n) is 16.9. The Morgan fingerprint density at radius 3 is 1.58 bits per heavy atom. The maximum absolute atomic E-state index is 5.86. The number of hydrogen-bond acceptors (Lipinski definition) is 0. The van der Waals surface area contributed by atoms with Gasteiger partial charge in [0.05, 0.1) is 0 Å². The molecule has 1 aliphatic carbocycles. The molecule has 0 radical (unpaired) electrons. The molecule has 5 aromatic carbocycles. The van der Waals surface area contributed by atoms with E-state index in [0.29, 0.717) is 5.41 Å². The maximum atomic E-state index is 5.86. The fraction of sp³-hybridized carbons (Fsp3) is 0.333. The van der Waals surface area contributed by atoms with E-state index in [1.807, 2.05) is 48.5 Å². The molecule has 1 aliphatic rings. The largest absolute Gasteiger partial charge is 1.00 e. The van der Waals surface area contributed by atoms with Crippen LogP contribution in [0, 0.1) is 6.07 Å². The zero-order valence-corrected chi connectivity index (χ0v) is 36.6. The molecule has 0 fully saturated rings. The minimum Gasteiger partial charge on any atom is -1.00 e. The van der Waals surface area contributed by atoms with Gasteiger partial charge in [-0.3, -0.25) is 0 Å². The molecular weight excluding hydrogens is 774 g/mol. The van der Waals surface area contributed by atoms with Crippen molar-refractivity contribution in [3.05, 3.63) is 158 Å². The Morgan fingerprint density at radius 2 is 1.16 bits per heavy atom. The van der Waals surface area contributed by atoms with Gasteiger partial charge in [-0.25, -0.2) is 6.07 Å². The van der Waals surface area contributed by atoms with Crippen molar-refractivity contribution in [1.82, 2.24) is 0 Å². The molecule has 0 atom stereocenters. The van der Waals surface area contributed by atoms with E-state index in [4.69, 9.17) is 23.2 Å². The number of hydrogen-bond donors (Lipinski definition) is 0. The summed E-state index contributed by atoms with van der Waals surface area (Å²) in [6.45, 7) is 22.6. The Labute approximate surface area is 339 Å². The Hall–Kier alpha value is -1.86. The van der Waals surface area contributed by atoms with E-state index in [9.17, 15) is 0 Å². The SMILES string of the molecule is CC(C)(C)c1[c-]c2c(cc1)-c1ccc(C(C)(C)C)cc1C2.CCc1cc(C(C)(C)C)c[cH-]1.Clc1ccc([C](=[Zr+2])c2ccc(Cl)cc2)cc1.[Cl-].[Cl-]. The summed E-state index contributed by atoms with van der Waals surface area (Å²) in [5.74, 6) is 0. The Balaban J connectivity index is 0.000000268. The number of aryl methyl sites for hydroxylation is 1. The van der Waals surface area contributed by atoms with Crippen molar-refractivity contribution < 1.29 is 49.0 Å². The molecule has 0 amide bonds. The van der Waals surface area contributed by atoms with Crippen LogP contribution in [0.4, 0.5) is 0 Å². The normalized spacial score (nSPS) is 11.8. The Bertz CT molecular complexity index is 1730. The molecule has 0 heterocycles. The van der Waals surface area contributed by atoms with Crippen LogP contribution >= 0.6 is 23.2 Å². The molecule has 0 nitrogen and oxygen atoms in total. The van der Waals surface area contributed by atoms with Crippen molar-refractivity contribution in [2.45, 2.75) is 98.3 Å². The van der Waals surface area contributed by atoms with Crippen molar-refractivity contribution in [1.29, 1.82) is 0 Å². The van der Waals surface area contributed by atoms with E-state index in [2.05, 4.69) is 124 Å². The second-order valence-corrected chi connectivity index (χ2v) is 17.9. The molecule has 50 heavy (non-hydrogen) atoms. The van der Waals surface area contributed by atoms with Crippen molar-refractivity contribution in [3.8, 4) is 11.1 Å². The summed E-state index contributed by atoms with van der Waals surface area (Å²) >= 11 is 13.1. The predicted molar refractivity (Wildman–Crippen MR) is 207 cm³/mol. The molecule has 5 aromatic rings. The van der Waals surface area contributed by atoms with E-state index >= 15 is 0 Å². The molecule has 6 rings (SSSR count). The van der Waals surface area contributed by atoms with Gasteiger partial charge >= 0.3 is 120 Å². The third-order valence-corrected chi connectivity index (χ3v) is 10.7. The van der Waals surface area contributed by atoms with E-state index in [-0.39, 0.29) is 35.6 Å². The number of halogens is 4. The van der Waals surface area contributed by atoms with Crippen molar-refractivity contribution in [2.75, 3.05) is 0 Å². The summed E-state index contributed by atoms with van der Waals surface area (Å²) < 4.78 is 1.31. The molecule has 0 spiro atoms. The molecular formula is C45H50Cl4Zr-2. The van der Waals surface area contributed by atoms with E-state index in [1.54, 1.807) is 0 Å². The molecule has 5 heteroatoms. The minimum absolute atomic E-state index is 0. The fourth-order valence-corrected chi connectivity index (χ4v) is 6.68. The minimum atomic E-state index is 0. The van der Waals surface area contributed by atoms with Crippen LogP contribution in [0.2, 0.25) is 10.0 Å². The van der Waals surface area contributed by atoms with Gasteiger partial charge in [0.25, 0.3) is 0 Å². The summed E-state index contributed by atoms with van der Waals surface area (Å²) in [6, 6.07) is 37.8. The average Bonchev–Trinajstić information content (AvgIpc) is 3.66. The van der Waals surface area contributed by atoms with E-state index in [1.165, 1.54) is 83.1 Å². The van der Waals surface area contributed by atoms with Gasteiger partial charge in [0.1, 0.15) is 0 Å². The van der Waals surface area contributed by atoms with Crippen LogP contribution < -0.4 is 24.8 Å². The van der Waals surface area contributed by atoms with Crippen LogP contribution in [-0.4, -0.2) is 3.21 Å². The van der Waals surface area contributed by atoms with Gasteiger partial charge in [0.2, 0.25) is 0 Å². The Morgan fingerprint density at radius 1 is 0.660 bits per heavy atom. The number of rotatable bonds is 3. The smallest absolute Gasteiger partial charge is 1.00 e. The third kappa shape index (κ3) is 11.8. The van der Waals surface area contributed by atoms with Crippen molar-refractivity contribution >= 4 is 26.4 Å². The summed E-state index contributed by atoms with van der Waals surface area (Å²) in [6.07, 6.45) is 2.18. The van der Waals surface area contributed by atoms with Gasteiger partial charge in [0.15, 0.2) is 0 Å². The standard InChI is InChI=1S/C21H25.C13H8Cl2.C11H17.2ClH.Zr/c1-20(2,3)16-7-9-18-14(12-16)11-15-13-17(21(4,5)6)8-10-19(15)18;14-12-5-1-10(2-6-12)9-11-3-7-13(15)8-4-11;1-5-9-6-7-10(8-9)11(2,3)4;;;/h7-10,12H,11H2,1-6H3;1-8H;6-8H,5H2,1-4H3;2*1H;/q-1;;-1;;;+2/p-2. The van der Waals surface area contributed by atoms with Crippen molar-refractivity contribution in [3.63, 3.8) is 0 Å². The first-order valence-corrected chi connectivity index (χ1v) is 18.9. The van der Waals surface area contributed by atoms with Gasteiger partial charge in [0, 0.05) is 0 Å². The molecule has 0 unspecified atom stereocenters. The van der Waals surface area contributed by atoms with Crippen LogP contribution in [0.25, 0.3) is 11.1 Å². The zero-order chi connectivity index (χ0) is 35.4. The van der Waals surface area contributed by atoms with Crippen LogP contribution in [-0.2, 0) is 53.3 Å². The van der Waals surface area contributed by atoms with E-state index in [0.717, 1.165) is 22.9 Å². The van der Waals surface area contributed by atoms with Crippen LogP contribution in [0.3, 0.4) is 0 Å². The third-order valence-electron chi connectivity index (χ3n) is 8.82. The number of fused-ring (bicyclic) bond motifs is 3. The van der Waals surface area contributed by atoms with Crippen LogP contribution in [0.1, 0.15) is 114 Å². The zero-order valence-electron chi connectivity index (χ0n) is 31.2. The average molecular weight is 824 g/mol. The molecule has 0 bridgehead atoms. The van der Waals surface area contributed by atoms with Crippen LogP contribution in [0.15, 0.2) is 97.1 Å². The summed E-state index contributed by atoms with van der Waals surface area (Å²) in [5, 5.41) is 1.53. The molecule has 0 aliphatic heterocycles. The summed E-state index contributed by atoms with van der Waals surface area (Å²) in [7, 11) is 0. The fourth-order valence-electron chi connectivity index (χ4n) is 5.61. The first-order chi connectivity index (χ1) is 22.4. The quantitative estimate of drug-likeness (QED) is 0.168. The second-order valence-electron chi connectivity index (χ2n) is 15.8. The molecule has 0 N–H and O–H groups in total. The molecule has 0 aromatic heterocycles. The van der Waals surface area contributed by atoms with Gasteiger partial charge in [-0.05, 0) is 28.4 Å². The van der Waals surface area contributed by atoms with Gasteiger partial charge < -0.3 is 24.8 Å². The maximum Gasteiger partial charge on any atom is -1.00 e. The monoisotopic (exact) mass is 820 g/mol. The molecule has 0 saturated carbocycles. The Kier molecular flexibility index (Phi) is 16.2. The number of benzene rings is 4. The van der Waals surface area contributed by atoms with Gasteiger partial charge in [-0.1, -0.05) is 105 Å². The van der Waals surface area contributed by atoms with Gasteiger partial charge in [-0.15, -0.1) is 11.1 Å². The second kappa shape index (κ2) is 18.3. The molecule has 264 valence electrons.